The summed E-state index contributed by atoms with van der Waals surface area (Å²) in [6.07, 6.45) is 0.631. The third-order valence-electron chi connectivity index (χ3n) is 2.66. The van der Waals surface area contributed by atoms with Crippen LogP contribution < -0.4 is 11.4 Å². The van der Waals surface area contributed by atoms with E-state index in [1.807, 2.05) is 12.1 Å². The Morgan fingerprint density at radius 1 is 1.55 bits per heavy atom. The van der Waals surface area contributed by atoms with Crippen LogP contribution in [0.15, 0.2) is 38.9 Å². The maximum absolute atomic E-state index is 12.7. The molecule has 0 radical (unpaired) electrons. The highest BCUT2D eigenvalue weighted by Crippen LogP contribution is 2.22. The molecule has 2 aromatic rings. The zero-order chi connectivity index (χ0) is 16.1. The average Bonchev–Trinajstić information content (AvgIpc) is 3.03. The number of aromatic nitrogens is 3. The van der Waals surface area contributed by atoms with Gasteiger partial charge in [0.25, 0.3) is 0 Å². The number of rotatable bonds is 6. The molecule has 2 rings (SSSR count). The molecule has 2 heterocycles. The molecule has 0 aliphatic rings. The number of amides is 1. The number of carbonyl (C=O) groups is 1. The fourth-order valence-electron chi connectivity index (χ4n) is 1.66. The highest BCUT2D eigenvalue weighted by molar-refractivity contribution is 9.11. The summed E-state index contributed by atoms with van der Waals surface area (Å²) in [6, 6.07) is 3.78. The predicted octanol–water partition coefficient (Wildman–Crippen LogP) is 1.87. The second-order valence-electron chi connectivity index (χ2n) is 4.28. The van der Waals surface area contributed by atoms with E-state index in [1.54, 1.807) is 0 Å². The Morgan fingerprint density at radius 2 is 2.32 bits per heavy atom. The third-order valence-corrected chi connectivity index (χ3v) is 4.27. The minimum absolute atomic E-state index is 0.0741. The molecule has 0 bridgehead atoms. The molecule has 2 N–H and O–H groups in total. The number of ether oxygens (including phenoxy) is 1. The van der Waals surface area contributed by atoms with Gasteiger partial charge in [0.2, 0.25) is 0 Å². The van der Waals surface area contributed by atoms with E-state index in [0.29, 0.717) is 6.54 Å². The molecule has 0 saturated carbocycles. The van der Waals surface area contributed by atoms with Crippen LogP contribution >= 0.6 is 27.3 Å². The fraction of sp³-hybridized carbons (Fsp3) is 0.250. The molecule has 7 nitrogen and oxygen atoms in total. The van der Waals surface area contributed by atoms with Gasteiger partial charge in [-0.2, -0.15) is 5.10 Å². The van der Waals surface area contributed by atoms with E-state index >= 15 is 0 Å². The van der Waals surface area contributed by atoms with Crippen molar-refractivity contribution in [2.24, 2.45) is 5.73 Å². The maximum atomic E-state index is 12.7. The smallest absolute Gasteiger partial charge is 0.404 e. The zero-order valence-corrected chi connectivity index (χ0v) is 13.6. The molecule has 0 aromatic carbocycles. The molecule has 0 fully saturated rings. The molecule has 118 valence electrons. The molecule has 0 atom stereocenters. The van der Waals surface area contributed by atoms with Crippen molar-refractivity contribution in [1.82, 2.24) is 14.3 Å². The molecular weight excluding hydrogens is 379 g/mol. The van der Waals surface area contributed by atoms with Crippen molar-refractivity contribution in [1.29, 1.82) is 0 Å². The van der Waals surface area contributed by atoms with Gasteiger partial charge in [-0.25, -0.2) is 18.7 Å². The molecule has 0 spiro atoms. The van der Waals surface area contributed by atoms with Gasteiger partial charge in [0, 0.05) is 10.5 Å². The first-order valence-corrected chi connectivity index (χ1v) is 7.67. The predicted molar refractivity (Wildman–Crippen MR) is 82.3 cm³/mol. The first-order chi connectivity index (χ1) is 10.5. The number of hydrogen-bond donors (Lipinski definition) is 1. The minimum Gasteiger partial charge on any atom is -0.445 e. The first-order valence-electron chi connectivity index (χ1n) is 6.06. The zero-order valence-electron chi connectivity index (χ0n) is 11.2. The largest absolute Gasteiger partial charge is 0.445 e. The summed E-state index contributed by atoms with van der Waals surface area (Å²) in [6.45, 7) is -0.0751. The van der Waals surface area contributed by atoms with Crippen molar-refractivity contribution >= 4 is 33.4 Å². The SMILES string of the molecule is NC(=O)OC/C(=C/F)Cn1ncn(Cc2ccc(Br)s2)c1=O. The number of hydrogen-bond acceptors (Lipinski definition) is 5. The van der Waals surface area contributed by atoms with Gasteiger partial charge in [-0.15, -0.1) is 11.3 Å². The van der Waals surface area contributed by atoms with Crippen molar-refractivity contribution in [3.8, 4) is 0 Å². The van der Waals surface area contributed by atoms with E-state index in [4.69, 9.17) is 5.73 Å². The van der Waals surface area contributed by atoms with E-state index in [1.165, 1.54) is 22.2 Å². The van der Waals surface area contributed by atoms with E-state index in [9.17, 15) is 14.0 Å². The summed E-state index contributed by atoms with van der Waals surface area (Å²) in [7, 11) is 0. The molecule has 0 aliphatic carbocycles. The van der Waals surface area contributed by atoms with Crippen molar-refractivity contribution in [3.05, 3.63) is 49.5 Å². The summed E-state index contributed by atoms with van der Waals surface area (Å²) in [5.74, 6) is 0. The van der Waals surface area contributed by atoms with Crippen LogP contribution in [0.1, 0.15) is 4.88 Å². The van der Waals surface area contributed by atoms with Gasteiger partial charge in [0.15, 0.2) is 0 Å². The second kappa shape index (κ2) is 7.36. The monoisotopic (exact) mass is 390 g/mol. The summed E-state index contributed by atoms with van der Waals surface area (Å²) in [5.41, 5.74) is 4.50. The quantitative estimate of drug-likeness (QED) is 0.814. The van der Waals surface area contributed by atoms with Crippen molar-refractivity contribution in [2.75, 3.05) is 6.61 Å². The van der Waals surface area contributed by atoms with E-state index < -0.39 is 6.09 Å². The summed E-state index contributed by atoms with van der Waals surface area (Å²) in [4.78, 5) is 23.6. The highest BCUT2D eigenvalue weighted by atomic mass is 79.9. The number of nitrogens with two attached hydrogens (primary N) is 1. The Balaban J connectivity index is 2.07. The maximum Gasteiger partial charge on any atom is 0.404 e. The van der Waals surface area contributed by atoms with Crippen LogP contribution in [0.25, 0.3) is 0 Å². The normalized spacial score (nSPS) is 11.6. The van der Waals surface area contributed by atoms with Crippen LogP contribution in [0.5, 0.6) is 0 Å². The lowest BCUT2D eigenvalue weighted by atomic mass is 10.3. The number of carbonyl (C=O) groups excluding carboxylic acids is 1. The second-order valence-corrected chi connectivity index (χ2v) is 6.83. The topological polar surface area (TPSA) is 92.1 Å². The lowest BCUT2D eigenvalue weighted by Crippen LogP contribution is -2.26. The molecule has 0 aliphatic heterocycles. The van der Waals surface area contributed by atoms with Crippen molar-refractivity contribution in [2.45, 2.75) is 13.1 Å². The van der Waals surface area contributed by atoms with Crippen LogP contribution in [0.2, 0.25) is 0 Å². The highest BCUT2D eigenvalue weighted by Gasteiger charge is 2.10. The molecule has 10 heteroatoms. The number of primary amides is 1. The van der Waals surface area contributed by atoms with Gasteiger partial charge in [-0.05, 0) is 28.1 Å². The molecule has 0 unspecified atom stereocenters. The Bertz CT molecular complexity index is 752. The third kappa shape index (κ3) is 4.28. The fourth-order valence-corrected chi connectivity index (χ4v) is 3.14. The lowest BCUT2D eigenvalue weighted by molar-refractivity contribution is 0.164. The summed E-state index contributed by atoms with van der Waals surface area (Å²) in [5, 5.41) is 3.91. The van der Waals surface area contributed by atoms with Gasteiger partial charge in [-0.1, -0.05) is 0 Å². The average molecular weight is 391 g/mol. The Labute approximate surface area is 136 Å². The molecule has 0 saturated heterocycles. The van der Waals surface area contributed by atoms with E-state index in [2.05, 4.69) is 25.8 Å². The van der Waals surface area contributed by atoms with Gasteiger partial charge < -0.3 is 10.5 Å². The standard InChI is InChI=1S/C12H12BrFN4O3S/c13-10-2-1-9(22-10)5-17-7-16-18(12(17)20)4-8(3-14)6-21-11(15)19/h1-3,7H,4-6H2,(H2,15,19)/b8-3+. The first kappa shape index (κ1) is 16.4. The van der Waals surface area contributed by atoms with Crippen LogP contribution in [0.4, 0.5) is 9.18 Å². The van der Waals surface area contributed by atoms with Gasteiger partial charge in [0.05, 0.1) is 23.2 Å². The van der Waals surface area contributed by atoms with Crippen LogP contribution in [0, 0.1) is 0 Å². The molecular formula is C12H12BrFN4O3S. The Kier molecular flexibility index (Phi) is 5.50. The van der Waals surface area contributed by atoms with Gasteiger partial charge >= 0.3 is 11.8 Å². The van der Waals surface area contributed by atoms with Gasteiger partial charge in [0.1, 0.15) is 12.9 Å². The number of halogens is 2. The molecule has 22 heavy (non-hydrogen) atoms. The Hall–Kier alpha value is -1.94. The van der Waals surface area contributed by atoms with Crippen molar-refractivity contribution < 1.29 is 13.9 Å². The van der Waals surface area contributed by atoms with Crippen LogP contribution in [-0.2, 0) is 17.8 Å². The summed E-state index contributed by atoms with van der Waals surface area (Å²) < 4.78 is 20.7. The Morgan fingerprint density at radius 3 is 2.91 bits per heavy atom. The van der Waals surface area contributed by atoms with E-state index in [-0.39, 0.29) is 30.7 Å². The lowest BCUT2D eigenvalue weighted by Gasteiger charge is -2.05. The van der Waals surface area contributed by atoms with Gasteiger partial charge in [-0.3, -0.25) is 4.57 Å². The number of nitrogens with zero attached hydrogens (tertiary/aromatic N) is 3. The summed E-state index contributed by atoms with van der Waals surface area (Å²) >= 11 is 4.86. The van der Waals surface area contributed by atoms with Crippen LogP contribution in [-0.4, -0.2) is 27.0 Å². The van der Waals surface area contributed by atoms with Crippen molar-refractivity contribution in [3.63, 3.8) is 0 Å². The van der Waals surface area contributed by atoms with Crippen LogP contribution in [0.3, 0.4) is 0 Å². The van der Waals surface area contributed by atoms with E-state index in [0.717, 1.165) is 13.3 Å². The number of thiophene rings is 1. The minimum atomic E-state index is -1.01. The molecule has 2 aromatic heterocycles. The molecule has 1 amide bonds.